The maximum atomic E-state index is 4.99. The molecule has 0 saturated carbocycles. The predicted octanol–water partition coefficient (Wildman–Crippen LogP) is 1.05. The molecule has 0 spiro atoms. The Bertz CT molecular complexity index is 159. The van der Waals surface area contributed by atoms with Gasteiger partial charge in [-0.05, 0) is 0 Å². The summed E-state index contributed by atoms with van der Waals surface area (Å²) in [5, 5.41) is 4.96. The molecular weight excluding hydrogens is 208 g/mol. The molecule has 15 heavy (non-hydrogen) atoms. The van der Waals surface area contributed by atoms with Crippen LogP contribution in [-0.2, 0) is 4.74 Å². The van der Waals surface area contributed by atoms with Gasteiger partial charge in [-0.25, -0.2) is 0 Å². The summed E-state index contributed by atoms with van der Waals surface area (Å²) in [6, 6.07) is 0. The molecule has 1 fully saturated rings. The molecule has 0 aromatic heterocycles. The van der Waals surface area contributed by atoms with Gasteiger partial charge in [-0.1, -0.05) is 13.8 Å². The normalized spacial score (nSPS) is 28.2. The van der Waals surface area contributed by atoms with E-state index < -0.39 is 0 Å². The third-order valence-corrected chi connectivity index (χ3v) is 3.81. The van der Waals surface area contributed by atoms with Crippen molar-refractivity contribution in [2.75, 3.05) is 46.4 Å². The van der Waals surface area contributed by atoms with Crippen molar-refractivity contribution in [1.82, 2.24) is 10.2 Å². The molecule has 0 radical (unpaired) electrons. The van der Waals surface area contributed by atoms with E-state index in [1.54, 1.807) is 7.11 Å². The van der Waals surface area contributed by atoms with Crippen molar-refractivity contribution in [3.05, 3.63) is 0 Å². The van der Waals surface area contributed by atoms with Crippen LogP contribution in [0.15, 0.2) is 0 Å². The maximum Gasteiger partial charge on any atom is 0.0587 e. The first-order valence-corrected chi connectivity index (χ1v) is 6.74. The van der Waals surface area contributed by atoms with E-state index in [0.29, 0.717) is 0 Å². The van der Waals surface area contributed by atoms with E-state index in [4.69, 9.17) is 4.74 Å². The second-order valence-electron chi connectivity index (χ2n) is 4.26. The molecule has 0 aromatic carbocycles. The molecule has 2 atom stereocenters. The molecular formula is C11H24N2OS. The molecule has 1 N–H and O–H groups in total. The fourth-order valence-electron chi connectivity index (χ4n) is 2.00. The van der Waals surface area contributed by atoms with Crippen molar-refractivity contribution in [3.63, 3.8) is 0 Å². The quantitative estimate of drug-likeness (QED) is 0.692. The first kappa shape index (κ1) is 13.3. The number of thioether (sulfide) groups is 1. The highest BCUT2D eigenvalue weighted by Gasteiger charge is 2.21. The van der Waals surface area contributed by atoms with Crippen LogP contribution in [0.3, 0.4) is 0 Å². The third kappa shape index (κ3) is 5.76. The molecule has 3 nitrogen and oxygen atoms in total. The van der Waals surface area contributed by atoms with Gasteiger partial charge in [0.1, 0.15) is 0 Å². The zero-order valence-electron chi connectivity index (χ0n) is 10.2. The second-order valence-corrected chi connectivity index (χ2v) is 6.14. The highest BCUT2D eigenvalue weighted by Crippen LogP contribution is 2.23. The Hall–Kier alpha value is 0.230. The van der Waals surface area contributed by atoms with Gasteiger partial charge in [0.05, 0.1) is 6.61 Å². The molecule has 0 aliphatic carbocycles. The number of nitrogens with zero attached hydrogens (tertiary/aromatic N) is 1. The molecule has 1 saturated heterocycles. The summed E-state index contributed by atoms with van der Waals surface area (Å²) in [7, 11) is 1.74. The Balaban J connectivity index is 2.04. The van der Waals surface area contributed by atoms with Crippen LogP contribution in [0.25, 0.3) is 0 Å². The van der Waals surface area contributed by atoms with Crippen molar-refractivity contribution in [2.24, 2.45) is 0 Å². The topological polar surface area (TPSA) is 24.5 Å². The first-order valence-electron chi connectivity index (χ1n) is 5.80. The SMILES string of the molecule is COCCNCCN1CC(C)SC(C)C1. The standard InChI is InChI=1S/C11H24N2OS/c1-10-8-13(9-11(2)15-10)6-4-12-5-7-14-3/h10-12H,4-9H2,1-3H3. The van der Waals surface area contributed by atoms with Crippen LogP contribution in [0.4, 0.5) is 0 Å². The zero-order valence-corrected chi connectivity index (χ0v) is 11.0. The van der Waals surface area contributed by atoms with Gasteiger partial charge in [0.15, 0.2) is 0 Å². The highest BCUT2D eigenvalue weighted by molar-refractivity contribution is 8.00. The Labute approximate surface area is 97.9 Å². The Morgan fingerprint density at radius 3 is 2.53 bits per heavy atom. The lowest BCUT2D eigenvalue weighted by Gasteiger charge is -2.34. The number of nitrogens with one attached hydrogen (secondary N) is 1. The van der Waals surface area contributed by atoms with Gasteiger partial charge in [-0.15, -0.1) is 0 Å². The number of hydrogen-bond acceptors (Lipinski definition) is 4. The van der Waals surface area contributed by atoms with Crippen molar-refractivity contribution >= 4 is 11.8 Å². The summed E-state index contributed by atoms with van der Waals surface area (Å²) in [5.74, 6) is 0. The summed E-state index contributed by atoms with van der Waals surface area (Å²) < 4.78 is 4.99. The first-order chi connectivity index (χ1) is 7.22. The lowest BCUT2D eigenvalue weighted by molar-refractivity contribution is 0.196. The lowest BCUT2D eigenvalue weighted by Crippen LogP contribution is -2.43. The monoisotopic (exact) mass is 232 g/mol. The average Bonchev–Trinajstić information content (AvgIpc) is 2.16. The van der Waals surface area contributed by atoms with Gasteiger partial charge in [-0.3, -0.25) is 4.90 Å². The lowest BCUT2D eigenvalue weighted by atomic mass is 10.3. The minimum atomic E-state index is 0.785. The summed E-state index contributed by atoms with van der Waals surface area (Å²) in [5.41, 5.74) is 0. The van der Waals surface area contributed by atoms with E-state index >= 15 is 0 Å². The maximum absolute atomic E-state index is 4.99. The molecule has 2 unspecified atom stereocenters. The molecule has 0 aromatic rings. The second kappa shape index (κ2) is 7.49. The van der Waals surface area contributed by atoms with E-state index in [0.717, 1.165) is 30.2 Å². The van der Waals surface area contributed by atoms with Crippen molar-refractivity contribution in [2.45, 2.75) is 24.3 Å². The van der Waals surface area contributed by atoms with E-state index in [1.165, 1.54) is 19.6 Å². The van der Waals surface area contributed by atoms with Crippen molar-refractivity contribution in [3.8, 4) is 0 Å². The van der Waals surface area contributed by atoms with E-state index in [1.807, 2.05) is 0 Å². The largest absolute Gasteiger partial charge is 0.383 e. The Morgan fingerprint density at radius 1 is 1.27 bits per heavy atom. The van der Waals surface area contributed by atoms with Crippen LogP contribution < -0.4 is 5.32 Å². The summed E-state index contributed by atoms with van der Waals surface area (Å²) in [6.07, 6.45) is 0. The van der Waals surface area contributed by atoms with Gasteiger partial charge in [0.2, 0.25) is 0 Å². The minimum Gasteiger partial charge on any atom is -0.383 e. The van der Waals surface area contributed by atoms with Gasteiger partial charge in [0, 0.05) is 50.3 Å². The van der Waals surface area contributed by atoms with Gasteiger partial charge >= 0.3 is 0 Å². The third-order valence-electron chi connectivity index (χ3n) is 2.58. The predicted molar refractivity (Wildman–Crippen MR) is 67.7 cm³/mol. The van der Waals surface area contributed by atoms with Crippen LogP contribution in [0.2, 0.25) is 0 Å². The van der Waals surface area contributed by atoms with E-state index in [9.17, 15) is 0 Å². The smallest absolute Gasteiger partial charge is 0.0587 e. The van der Waals surface area contributed by atoms with Crippen LogP contribution in [0.5, 0.6) is 0 Å². The Kier molecular flexibility index (Phi) is 6.64. The van der Waals surface area contributed by atoms with Crippen LogP contribution in [0.1, 0.15) is 13.8 Å². The van der Waals surface area contributed by atoms with Crippen molar-refractivity contribution < 1.29 is 4.74 Å². The van der Waals surface area contributed by atoms with Crippen LogP contribution >= 0.6 is 11.8 Å². The fraction of sp³-hybridized carbons (Fsp3) is 1.00. The molecule has 0 amide bonds. The number of ether oxygens (including phenoxy) is 1. The van der Waals surface area contributed by atoms with Crippen LogP contribution in [-0.4, -0.2) is 61.8 Å². The van der Waals surface area contributed by atoms with Gasteiger partial charge < -0.3 is 10.1 Å². The molecule has 1 rings (SSSR count). The zero-order chi connectivity index (χ0) is 11.1. The summed E-state index contributed by atoms with van der Waals surface area (Å²) in [4.78, 5) is 2.56. The summed E-state index contributed by atoms with van der Waals surface area (Å²) in [6.45, 7) is 11.1. The number of methoxy groups -OCH3 is 1. The van der Waals surface area contributed by atoms with E-state index in [-0.39, 0.29) is 0 Å². The minimum absolute atomic E-state index is 0.785. The van der Waals surface area contributed by atoms with Crippen molar-refractivity contribution in [1.29, 1.82) is 0 Å². The van der Waals surface area contributed by atoms with E-state index in [2.05, 4.69) is 35.8 Å². The average molecular weight is 232 g/mol. The van der Waals surface area contributed by atoms with Gasteiger partial charge in [0.25, 0.3) is 0 Å². The molecule has 1 heterocycles. The molecule has 1 aliphatic heterocycles. The molecule has 4 heteroatoms. The number of rotatable bonds is 6. The van der Waals surface area contributed by atoms with Gasteiger partial charge in [-0.2, -0.15) is 11.8 Å². The van der Waals surface area contributed by atoms with Crippen LogP contribution in [0, 0.1) is 0 Å². The fourth-order valence-corrected chi connectivity index (χ4v) is 3.39. The highest BCUT2D eigenvalue weighted by atomic mass is 32.2. The molecule has 0 bridgehead atoms. The summed E-state index contributed by atoms with van der Waals surface area (Å²) >= 11 is 2.11. The molecule has 90 valence electrons. The molecule has 1 aliphatic rings. The Morgan fingerprint density at radius 2 is 1.93 bits per heavy atom. The number of hydrogen-bond donors (Lipinski definition) is 1.